The number of hydrogen-bond acceptors (Lipinski definition) is 3. The van der Waals surface area contributed by atoms with Crippen molar-refractivity contribution in [3.63, 3.8) is 0 Å². The molecule has 0 fully saturated rings. The fraction of sp³-hybridized carbons (Fsp3) is 0.391. The van der Waals surface area contributed by atoms with Crippen molar-refractivity contribution in [3.05, 3.63) is 64.1 Å². The molecule has 0 aliphatic heterocycles. The van der Waals surface area contributed by atoms with Gasteiger partial charge in [-0.2, -0.15) is 0 Å². The molecule has 0 heterocycles. The molecular formula is C23H29BrN2O3. The minimum atomic E-state index is -0.611. The van der Waals surface area contributed by atoms with Crippen molar-refractivity contribution in [1.82, 2.24) is 10.2 Å². The summed E-state index contributed by atoms with van der Waals surface area (Å²) in [5.74, 6) is 0.218. The van der Waals surface area contributed by atoms with Crippen molar-refractivity contribution in [2.45, 2.75) is 52.7 Å². The molecule has 29 heavy (non-hydrogen) atoms. The van der Waals surface area contributed by atoms with Gasteiger partial charge in [0.25, 0.3) is 5.91 Å². The topological polar surface area (TPSA) is 58.6 Å². The van der Waals surface area contributed by atoms with Crippen molar-refractivity contribution in [2.24, 2.45) is 0 Å². The Labute approximate surface area is 181 Å². The van der Waals surface area contributed by atoms with E-state index in [0.717, 1.165) is 16.5 Å². The molecule has 0 unspecified atom stereocenters. The minimum Gasteiger partial charge on any atom is -0.484 e. The number of hydrogen-bond donors (Lipinski definition) is 1. The number of carbonyl (C=O) groups is 2. The van der Waals surface area contributed by atoms with Gasteiger partial charge in [-0.25, -0.2) is 0 Å². The quantitative estimate of drug-likeness (QED) is 0.605. The zero-order valence-corrected chi connectivity index (χ0v) is 19.0. The number of ether oxygens (including phenoxy) is 1. The summed E-state index contributed by atoms with van der Waals surface area (Å²) in [6.45, 7) is 7.83. The van der Waals surface area contributed by atoms with Crippen LogP contribution in [0.5, 0.6) is 5.75 Å². The third-order valence-electron chi connectivity index (χ3n) is 4.56. The molecule has 1 atom stereocenters. The minimum absolute atomic E-state index is 0.00270. The lowest BCUT2D eigenvalue weighted by Gasteiger charge is -2.29. The highest BCUT2D eigenvalue weighted by atomic mass is 79.9. The van der Waals surface area contributed by atoms with Gasteiger partial charge in [0.15, 0.2) is 6.61 Å². The van der Waals surface area contributed by atoms with Crippen LogP contribution in [-0.2, 0) is 22.6 Å². The number of halogens is 1. The van der Waals surface area contributed by atoms with Gasteiger partial charge >= 0.3 is 0 Å². The molecule has 1 N–H and O–H groups in total. The summed E-state index contributed by atoms with van der Waals surface area (Å²) in [4.78, 5) is 27.0. The van der Waals surface area contributed by atoms with Gasteiger partial charge in [0.1, 0.15) is 11.8 Å². The first-order valence-electron chi connectivity index (χ1n) is 9.86. The largest absolute Gasteiger partial charge is 0.484 e. The Morgan fingerprint density at radius 1 is 1.00 bits per heavy atom. The number of carbonyl (C=O) groups excluding carboxylic acids is 2. The molecule has 0 saturated heterocycles. The highest BCUT2D eigenvalue weighted by Crippen LogP contribution is 2.16. The number of benzene rings is 2. The van der Waals surface area contributed by atoms with Crippen LogP contribution < -0.4 is 10.1 Å². The lowest BCUT2D eigenvalue weighted by molar-refractivity contribution is -0.142. The summed E-state index contributed by atoms with van der Waals surface area (Å²) >= 11 is 3.42. The predicted molar refractivity (Wildman–Crippen MR) is 119 cm³/mol. The van der Waals surface area contributed by atoms with Crippen molar-refractivity contribution in [1.29, 1.82) is 0 Å². The fourth-order valence-electron chi connectivity index (χ4n) is 2.82. The third-order valence-corrected chi connectivity index (χ3v) is 5.09. The van der Waals surface area contributed by atoms with Gasteiger partial charge in [0.05, 0.1) is 0 Å². The molecule has 2 amide bonds. The van der Waals surface area contributed by atoms with E-state index in [9.17, 15) is 9.59 Å². The molecular weight excluding hydrogens is 432 g/mol. The number of aryl methyl sites for hydroxylation is 1. The smallest absolute Gasteiger partial charge is 0.261 e. The Balaban J connectivity index is 2.11. The normalized spacial score (nSPS) is 11.8. The van der Waals surface area contributed by atoms with Gasteiger partial charge < -0.3 is 15.0 Å². The van der Waals surface area contributed by atoms with Gasteiger partial charge in [-0.3, -0.25) is 9.59 Å². The van der Waals surface area contributed by atoms with Crippen molar-refractivity contribution < 1.29 is 14.3 Å². The van der Waals surface area contributed by atoms with Crippen LogP contribution in [0.15, 0.2) is 53.0 Å². The summed E-state index contributed by atoms with van der Waals surface area (Å²) in [7, 11) is 0. The number of nitrogens with one attached hydrogen (secondary N) is 1. The van der Waals surface area contributed by atoms with Gasteiger partial charge in [-0.05, 0) is 62.6 Å². The zero-order valence-electron chi connectivity index (χ0n) is 17.4. The van der Waals surface area contributed by atoms with Crippen molar-refractivity contribution in [2.75, 3.05) is 6.61 Å². The van der Waals surface area contributed by atoms with Crippen LogP contribution in [0.4, 0.5) is 0 Å². The Morgan fingerprint density at radius 2 is 1.59 bits per heavy atom. The monoisotopic (exact) mass is 460 g/mol. The van der Waals surface area contributed by atoms with Crippen LogP contribution in [0.2, 0.25) is 0 Å². The standard InChI is InChI=1S/C23H29BrN2O3/c1-5-18-8-12-21(13-9-18)29-15-22(27)26(17(4)23(28)25-16(2)3)14-19-6-10-20(24)11-7-19/h6-13,16-17H,5,14-15H2,1-4H3,(H,25,28)/t17-/m0/s1. The second kappa shape index (κ2) is 11.0. The zero-order chi connectivity index (χ0) is 21.4. The average molecular weight is 461 g/mol. The van der Waals surface area contributed by atoms with E-state index in [-0.39, 0.29) is 24.5 Å². The molecule has 6 heteroatoms. The molecule has 0 bridgehead atoms. The summed E-state index contributed by atoms with van der Waals surface area (Å²) in [6.07, 6.45) is 0.947. The van der Waals surface area contributed by atoms with E-state index in [1.165, 1.54) is 5.56 Å². The molecule has 2 aromatic carbocycles. The van der Waals surface area contributed by atoms with E-state index in [0.29, 0.717) is 12.3 Å². The third kappa shape index (κ3) is 7.20. The number of rotatable bonds is 9. The molecule has 0 aromatic heterocycles. The lowest BCUT2D eigenvalue weighted by atomic mass is 10.1. The first-order valence-corrected chi connectivity index (χ1v) is 10.7. The van der Waals surface area contributed by atoms with E-state index in [1.54, 1.807) is 11.8 Å². The molecule has 156 valence electrons. The molecule has 2 aromatic rings. The first-order chi connectivity index (χ1) is 13.8. The predicted octanol–water partition coefficient (Wildman–Crippen LogP) is 4.33. The highest BCUT2D eigenvalue weighted by molar-refractivity contribution is 9.10. The molecule has 0 radical (unpaired) electrons. The van der Waals surface area contributed by atoms with E-state index >= 15 is 0 Å². The van der Waals surface area contributed by atoms with Crippen LogP contribution in [-0.4, -0.2) is 35.4 Å². The SMILES string of the molecule is CCc1ccc(OCC(=O)N(Cc2ccc(Br)cc2)[C@@H](C)C(=O)NC(C)C)cc1. The van der Waals surface area contributed by atoms with Gasteiger partial charge in [-0.15, -0.1) is 0 Å². The van der Waals surface area contributed by atoms with Crippen molar-refractivity contribution >= 4 is 27.7 Å². The Kier molecular flexibility index (Phi) is 8.70. The fourth-order valence-corrected chi connectivity index (χ4v) is 3.09. The summed E-state index contributed by atoms with van der Waals surface area (Å²) in [6, 6.07) is 14.8. The van der Waals surface area contributed by atoms with Gasteiger partial charge in [-0.1, -0.05) is 47.1 Å². The van der Waals surface area contributed by atoms with Crippen LogP contribution in [0.3, 0.4) is 0 Å². The van der Waals surface area contributed by atoms with E-state index in [4.69, 9.17) is 4.74 Å². The van der Waals surface area contributed by atoms with E-state index in [2.05, 4.69) is 28.2 Å². The highest BCUT2D eigenvalue weighted by Gasteiger charge is 2.26. The van der Waals surface area contributed by atoms with Crippen molar-refractivity contribution in [3.8, 4) is 5.75 Å². The molecule has 0 saturated carbocycles. The molecule has 0 aliphatic rings. The summed E-state index contributed by atoms with van der Waals surface area (Å²) in [5.41, 5.74) is 2.15. The number of nitrogens with zero attached hydrogens (tertiary/aromatic N) is 1. The maximum Gasteiger partial charge on any atom is 0.261 e. The molecule has 0 spiro atoms. The van der Waals surface area contributed by atoms with Crippen LogP contribution in [0.1, 0.15) is 38.8 Å². The van der Waals surface area contributed by atoms with E-state index in [1.807, 2.05) is 62.4 Å². The molecule has 0 aliphatic carbocycles. The summed E-state index contributed by atoms with van der Waals surface area (Å²) < 4.78 is 6.65. The van der Waals surface area contributed by atoms with Gasteiger partial charge in [0.2, 0.25) is 5.91 Å². The number of amides is 2. The van der Waals surface area contributed by atoms with Gasteiger partial charge in [0, 0.05) is 17.1 Å². The summed E-state index contributed by atoms with van der Waals surface area (Å²) in [5, 5.41) is 2.88. The van der Waals surface area contributed by atoms with E-state index < -0.39 is 6.04 Å². The Morgan fingerprint density at radius 3 is 2.14 bits per heavy atom. The maximum absolute atomic E-state index is 13.0. The Hall–Kier alpha value is -2.34. The second-order valence-electron chi connectivity index (χ2n) is 7.27. The van der Waals surface area contributed by atoms with Crippen LogP contribution in [0.25, 0.3) is 0 Å². The van der Waals surface area contributed by atoms with Crippen LogP contribution >= 0.6 is 15.9 Å². The first kappa shape index (κ1) is 22.9. The molecule has 2 rings (SSSR count). The molecule has 5 nitrogen and oxygen atoms in total. The lowest BCUT2D eigenvalue weighted by Crippen LogP contribution is -2.50. The second-order valence-corrected chi connectivity index (χ2v) is 8.19. The maximum atomic E-state index is 13.0. The average Bonchev–Trinajstić information content (AvgIpc) is 2.71. The van der Waals surface area contributed by atoms with Crippen LogP contribution in [0, 0.1) is 0 Å². The Bertz CT molecular complexity index is 804.